The zero-order chi connectivity index (χ0) is 18.7. The average Bonchev–Trinajstić information content (AvgIpc) is 2.96. The van der Waals surface area contributed by atoms with Gasteiger partial charge in [-0.2, -0.15) is 0 Å². The maximum atomic E-state index is 12.4. The first-order chi connectivity index (χ1) is 12.4. The molecule has 1 amide bonds. The Morgan fingerprint density at radius 3 is 2.58 bits per heavy atom. The molecule has 2 aromatic rings. The van der Waals surface area contributed by atoms with Crippen LogP contribution in [0.5, 0.6) is 5.75 Å². The van der Waals surface area contributed by atoms with Gasteiger partial charge < -0.3 is 10.1 Å². The number of benzene rings is 2. The standard InChI is InChI=1S/C18H19ClN2O4S/c1-2-25-15-7-4-13(5-8-15)18(22)20-14-6-9-16(19)17(12-14)21-10-3-11-26(21,23)24/h4-9,12H,2-3,10-11H2,1H3,(H,20,22). The second-order valence-corrected chi connectivity index (χ2v) is 8.24. The van der Waals surface area contributed by atoms with Crippen molar-refractivity contribution in [1.82, 2.24) is 0 Å². The molecule has 0 atom stereocenters. The van der Waals surface area contributed by atoms with E-state index >= 15 is 0 Å². The van der Waals surface area contributed by atoms with Crippen molar-refractivity contribution in [2.24, 2.45) is 0 Å². The number of rotatable bonds is 5. The quantitative estimate of drug-likeness (QED) is 0.841. The highest BCUT2D eigenvalue weighted by Crippen LogP contribution is 2.33. The van der Waals surface area contributed by atoms with Crippen LogP contribution >= 0.6 is 11.6 Å². The number of amides is 1. The average molecular weight is 395 g/mol. The van der Waals surface area contributed by atoms with Crippen LogP contribution in [0.15, 0.2) is 42.5 Å². The second-order valence-electron chi connectivity index (χ2n) is 5.82. The van der Waals surface area contributed by atoms with Crippen molar-refractivity contribution in [3.05, 3.63) is 53.1 Å². The number of anilines is 2. The van der Waals surface area contributed by atoms with E-state index in [0.29, 0.717) is 47.3 Å². The van der Waals surface area contributed by atoms with Gasteiger partial charge in [-0.05, 0) is 55.8 Å². The van der Waals surface area contributed by atoms with Crippen molar-refractivity contribution in [3.63, 3.8) is 0 Å². The summed E-state index contributed by atoms with van der Waals surface area (Å²) >= 11 is 6.17. The summed E-state index contributed by atoms with van der Waals surface area (Å²) in [6.07, 6.45) is 0.557. The minimum atomic E-state index is -3.35. The third-order valence-electron chi connectivity index (χ3n) is 4.00. The summed E-state index contributed by atoms with van der Waals surface area (Å²) in [5.41, 5.74) is 1.33. The zero-order valence-corrected chi connectivity index (χ0v) is 15.8. The van der Waals surface area contributed by atoms with E-state index in [2.05, 4.69) is 5.32 Å². The minimum Gasteiger partial charge on any atom is -0.494 e. The summed E-state index contributed by atoms with van der Waals surface area (Å²) in [4.78, 5) is 12.4. The number of carbonyl (C=O) groups excluding carboxylic acids is 1. The number of hydrogen-bond donors (Lipinski definition) is 1. The Bertz CT molecular complexity index is 913. The van der Waals surface area contributed by atoms with E-state index in [-0.39, 0.29) is 11.7 Å². The van der Waals surface area contributed by atoms with Gasteiger partial charge in [0.1, 0.15) is 5.75 Å². The topological polar surface area (TPSA) is 75.7 Å². The van der Waals surface area contributed by atoms with Crippen molar-refractivity contribution >= 4 is 38.9 Å². The van der Waals surface area contributed by atoms with E-state index in [1.165, 1.54) is 4.31 Å². The molecule has 138 valence electrons. The van der Waals surface area contributed by atoms with Gasteiger partial charge in [0.25, 0.3) is 5.91 Å². The van der Waals surface area contributed by atoms with Gasteiger partial charge in [-0.15, -0.1) is 0 Å². The summed E-state index contributed by atoms with van der Waals surface area (Å²) in [6, 6.07) is 11.6. The molecule has 3 rings (SSSR count). The van der Waals surface area contributed by atoms with E-state index in [4.69, 9.17) is 16.3 Å². The highest BCUT2D eigenvalue weighted by Gasteiger charge is 2.30. The Morgan fingerprint density at radius 2 is 1.96 bits per heavy atom. The van der Waals surface area contributed by atoms with Crippen LogP contribution in [0, 0.1) is 0 Å². The van der Waals surface area contributed by atoms with Crippen molar-refractivity contribution < 1.29 is 17.9 Å². The van der Waals surface area contributed by atoms with Crippen LogP contribution in [-0.2, 0) is 10.0 Å². The molecule has 0 bridgehead atoms. The monoisotopic (exact) mass is 394 g/mol. The molecule has 26 heavy (non-hydrogen) atoms. The smallest absolute Gasteiger partial charge is 0.255 e. The molecule has 1 heterocycles. The summed E-state index contributed by atoms with van der Waals surface area (Å²) in [5.74, 6) is 0.495. The molecule has 1 aliphatic rings. The van der Waals surface area contributed by atoms with Gasteiger partial charge in [0, 0.05) is 17.8 Å². The minimum absolute atomic E-state index is 0.103. The molecule has 0 aliphatic carbocycles. The molecule has 0 unspecified atom stereocenters. The van der Waals surface area contributed by atoms with Crippen molar-refractivity contribution in [2.45, 2.75) is 13.3 Å². The van der Waals surface area contributed by atoms with E-state index < -0.39 is 10.0 Å². The molecule has 0 radical (unpaired) electrons. The van der Waals surface area contributed by atoms with Gasteiger partial charge in [-0.1, -0.05) is 11.6 Å². The predicted molar refractivity (Wildman–Crippen MR) is 103 cm³/mol. The van der Waals surface area contributed by atoms with Gasteiger partial charge in [0.2, 0.25) is 10.0 Å². The van der Waals surface area contributed by atoms with Crippen molar-refractivity contribution in [2.75, 3.05) is 28.5 Å². The fraction of sp³-hybridized carbons (Fsp3) is 0.278. The van der Waals surface area contributed by atoms with Gasteiger partial charge in [0.15, 0.2) is 0 Å². The van der Waals surface area contributed by atoms with Crippen LogP contribution in [0.4, 0.5) is 11.4 Å². The Hall–Kier alpha value is -2.25. The molecule has 8 heteroatoms. The number of halogens is 1. The molecule has 1 N–H and O–H groups in total. The molecule has 1 aliphatic heterocycles. The molecule has 1 fully saturated rings. The predicted octanol–water partition coefficient (Wildman–Crippen LogP) is 3.53. The third kappa shape index (κ3) is 3.94. The lowest BCUT2D eigenvalue weighted by Gasteiger charge is -2.19. The largest absolute Gasteiger partial charge is 0.494 e. The fourth-order valence-corrected chi connectivity index (χ4v) is 4.61. The number of carbonyl (C=O) groups is 1. The fourth-order valence-electron chi connectivity index (χ4n) is 2.76. The highest BCUT2D eigenvalue weighted by atomic mass is 35.5. The van der Waals surface area contributed by atoms with Gasteiger partial charge >= 0.3 is 0 Å². The number of nitrogens with one attached hydrogen (secondary N) is 1. The molecule has 6 nitrogen and oxygen atoms in total. The molecule has 1 saturated heterocycles. The summed E-state index contributed by atoms with van der Waals surface area (Å²) < 4.78 is 30.9. The van der Waals surface area contributed by atoms with Crippen molar-refractivity contribution in [3.8, 4) is 5.75 Å². The lowest BCUT2D eigenvalue weighted by Crippen LogP contribution is -2.25. The number of hydrogen-bond acceptors (Lipinski definition) is 4. The number of sulfonamides is 1. The van der Waals surface area contributed by atoms with Crippen LogP contribution in [0.25, 0.3) is 0 Å². The lowest BCUT2D eigenvalue weighted by atomic mass is 10.2. The van der Waals surface area contributed by atoms with Crippen LogP contribution in [-0.4, -0.2) is 33.2 Å². The van der Waals surface area contributed by atoms with Gasteiger partial charge in [-0.3, -0.25) is 9.10 Å². The van der Waals surface area contributed by atoms with Crippen LogP contribution in [0.3, 0.4) is 0 Å². The Kier molecular flexibility index (Phi) is 5.38. The van der Waals surface area contributed by atoms with E-state index in [1.807, 2.05) is 6.92 Å². The first kappa shape index (κ1) is 18.5. The summed E-state index contributed by atoms with van der Waals surface area (Å²) in [5, 5.41) is 3.10. The van der Waals surface area contributed by atoms with Crippen molar-refractivity contribution in [1.29, 1.82) is 0 Å². The van der Waals surface area contributed by atoms with Gasteiger partial charge in [-0.25, -0.2) is 8.42 Å². The molecule has 0 spiro atoms. The maximum absolute atomic E-state index is 12.4. The molecule has 0 saturated carbocycles. The number of nitrogens with zero attached hydrogens (tertiary/aromatic N) is 1. The first-order valence-corrected chi connectivity index (χ1v) is 10.2. The van der Waals surface area contributed by atoms with Crippen LogP contribution < -0.4 is 14.4 Å². The van der Waals surface area contributed by atoms with Crippen LogP contribution in [0.2, 0.25) is 5.02 Å². The zero-order valence-electron chi connectivity index (χ0n) is 14.2. The van der Waals surface area contributed by atoms with E-state index in [1.54, 1.807) is 42.5 Å². The maximum Gasteiger partial charge on any atom is 0.255 e. The lowest BCUT2D eigenvalue weighted by molar-refractivity contribution is 0.102. The summed E-state index contributed by atoms with van der Waals surface area (Å²) in [7, 11) is -3.35. The Labute approximate surface area is 157 Å². The second kappa shape index (κ2) is 7.55. The Balaban J connectivity index is 1.80. The normalized spacial score (nSPS) is 15.7. The molecule has 2 aromatic carbocycles. The van der Waals surface area contributed by atoms with Crippen LogP contribution in [0.1, 0.15) is 23.7 Å². The van der Waals surface area contributed by atoms with E-state index in [9.17, 15) is 13.2 Å². The Morgan fingerprint density at radius 1 is 1.23 bits per heavy atom. The highest BCUT2D eigenvalue weighted by molar-refractivity contribution is 7.93. The molecular formula is C18H19ClN2O4S. The third-order valence-corrected chi connectivity index (χ3v) is 6.17. The van der Waals surface area contributed by atoms with E-state index in [0.717, 1.165) is 0 Å². The molecular weight excluding hydrogens is 376 g/mol. The molecule has 0 aromatic heterocycles. The van der Waals surface area contributed by atoms with Gasteiger partial charge in [0.05, 0.1) is 23.1 Å². The SMILES string of the molecule is CCOc1ccc(C(=O)Nc2ccc(Cl)c(N3CCCS3(=O)=O)c2)cc1. The number of ether oxygens (including phenoxy) is 1. The first-order valence-electron chi connectivity index (χ1n) is 8.25. The summed E-state index contributed by atoms with van der Waals surface area (Å²) in [6.45, 7) is 2.83.